The zero-order chi connectivity index (χ0) is 18.5. The molecule has 0 unspecified atom stereocenters. The van der Waals surface area contributed by atoms with E-state index in [1.807, 2.05) is 37.3 Å². The van der Waals surface area contributed by atoms with E-state index in [2.05, 4.69) is 25.9 Å². The molecule has 0 atom stereocenters. The summed E-state index contributed by atoms with van der Waals surface area (Å²) in [6.07, 6.45) is 4.01. The van der Waals surface area contributed by atoms with Crippen molar-refractivity contribution in [3.05, 3.63) is 64.2 Å². The molecule has 1 aromatic carbocycles. The zero-order valence-electron chi connectivity index (χ0n) is 14.2. The largest absolute Gasteiger partial charge is 0.441 e. The molecule has 5 nitrogen and oxygen atoms in total. The lowest BCUT2D eigenvalue weighted by atomic mass is 10.2. The topological polar surface area (TPSA) is 59.2 Å². The van der Waals surface area contributed by atoms with Gasteiger partial charge in [0.1, 0.15) is 5.82 Å². The molecule has 0 spiro atoms. The van der Waals surface area contributed by atoms with Crippen molar-refractivity contribution in [1.82, 2.24) is 9.97 Å². The van der Waals surface area contributed by atoms with Gasteiger partial charge in [-0.1, -0.05) is 23.7 Å². The average Bonchev–Trinajstić information content (AvgIpc) is 3.11. The van der Waals surface area contributed by atoms with E-state index in [1.165, 1.54) is 0 Å². The fraction of sp³-hybridized carbons (Fsp3) is 0.211. The van der Waals surface area contributed by atoms with Crippen molar-refractivity contribution < 1.29 is 9.21 Å². The van der Waals surface area contributed by atoms with Crippen LogP contribution < -0.4 is 4.90 Å². The van der Waals surface area contributed by atoms with Gasteiger partial charge in [0, 0.05) is 35.6 Å². The normalized spacial score (nSPS) is 10.7. The quantitative estimate of drug-likeness (QED) is 0.539. The van der Waals surface area contributed by atoms with E-state index in [0.717, 1.165) is 10.0 Å². The van der Waals surface area contributed by atoms with E-state index in [-0.39, 0.29) is 12.3 Å². The number of anilines is 1. The van der Waals surface area contributed by atoms with Gasteiger partial charge in [-0.2, -0.15) is 0 Å². The predicted molar refractivity (Wildman–Crippen MR) is 105 cm³/mol. The second-order valence-electron chi connectivity index (χ2n) is 5.57. The summed E-state index contributed by atoms with van der Waals surface area (Å²) in [4.78, 5) is 22.7. The number of amides is 1. The van der Waals surface area contributed by atoms with Crippen LogP contribution in [0.3, 0.4) is 0 Å². The van der Waals surface area contributed by atoms with Crippen molar-refractivity contribution in [3.8, 4) is 11.3 Å². The van der Waals surface area contributed by atoms with Gasteiger partial charge in [-0.15, -0.1) is 0 Å². The molecule has 0 N–H and O–H groups in total. The fourth-order valence-electron chi connectivity index (χ4n) is 2.55. The third kappa shape index (κ3) is 4.31. The van der Waals surface area contributed by atoms with Gasteiger partial charge in [0.25, 0.3) is 0 Å². The third-order valence-corrected chi connectivity index (χ3v) is 4.65. The Kier molecular flexibility index (Phi) is 6.06. The summed E-state index contributed by atoms with van der Waals surface area (Å²) in [7, 11) is 0. The van der Waals surface area contributed by atoms with Gasteiger partial charge >= 0.3 is 0 Å². The Morgan fingerprint density at radius 1 is 1.19 bits per heavy atom. The summed E-state index contributed by atoms with van der Waals surface area (Å²) in [5.41, 5.74) is 0.786. The Bertz CT molecular complexity index is 896. The summed E-state index contributed by atoms with van der Waals surface area (Å²) in [5, 5.41) is 0.602. The summed E-state index contributed by atoms with van der Waals surface area (Å²) in [6.45, 7) is 2.46. The zero-order valence-corrected chi connectivity index (χ0v) is 16.5. The minimum absolute atomic E-state index is 0.0279. The molecule has 0 aliphatic rings. The molecule has 0 saturated carbocycles. The van der Waals surface area contributed by atoms with Crippen molar-refractivity contribution in [1.29, 1.82) is 0 Å². The van der Waals surface area contributed by atoms with E-state index < -0.39 is 0 Å². The van der Waals surface area contributed by atoms with Crippen LogP contribution in [0.15, 0.2) is 57.7 Å². The number of nitrogens with zero attached hydrogens (tertiary/aromatic N) is 3. The SMILES string of the molecule is CCN(C(=O)CCc1ncc(-c2ccccc2Cl)o1)c1ccc(Br)cn1. The number of aromatic nitrogens is 2. The lowest BCUT2D eigenvalue weighted by Gasteiger charge is -2.19. The maximum Gasteiger partial charge on any atom is 0.228 e. The van der Waals surface area contributed by atoms with Crippen molar-refractivity contribution >= 4 is 39.3 Å². The highest BCUT2D eigenvalue weighted by molar-refractivity contribution is 9.10. The molecule has 0 fully saturated rings. The second kappa shape index (κ2) is 8.47. The van der Waals surface area contributed by atoms with Crippen LogP contribution in [0.25, 0.3) is 11.3 Å². The van der Waals surface area contributed by atoms with Crippen molar-refractivity contribution in [2.75, 3.05) is 11.4 Å². The van der Waals surface area contributed by atoms with Gasteiger partial charge < -0.3 is 4.42 Å². The molecular formula is C19H17BrClN3O2. The maximum atomic E-state index is 12.5. The smallest absolute Gasteiger partial charge is 0.228 e. The van der Waals surface area contributed by atoms with Gasteiger partial charge in [0.15, 0.2) is 11.7 Å². The van der Waals surface area contributed by atoms with Crippen LogP contribution in [0, 0.1) is 0 Å². The van der Waals surface area contributed by atoms with Crippen LogP contribution in [-0.2, 0) is 11.2 Å². The van der Waals surface area contributed by atoms with E-state index in [1.54, 1.807) is 23.4 Å². The molecule has 2 heterocycles. The van der Waals surface area contributed by atoms with Gasteiger partial charge in [0.05, 0.1) is 11.2 Å². The van der Waals surface area contributed by atoms with E-state index in [0.29, 0.717) is 35.5 Å². The molecule has 3 aromatic rings. The van der Waals surface area contributed by atoms with Gasteiger partial charge in [0.2, 0.25) is 5.91 Å². The van der Waals surface area contributed by atoms with E-state index in [4.69, 9.17) is 16.0 Å². The number of carbonyl (C=O) groups is 1. The standard InChI is InChI=1S/C19H17BrClN3O2/c1-2-24(17-8-7-13(20)11-22-17)19(25)10-9-18-23-12-16(26-18)14-5-3-4-6-15(14)21/h3-8,11-12H,2,9-10H2,1H3. The second-order valence-corrected chi connectivity index (χ2v) is 6.89. The first-order valence-corrected chi connectivity index (χ1v) is 9.37. The molecule has 2 aromatic heterocycles. The van der Waals surface area contributed by atoms with Crippen LogP contribution >= 0.6 is 27.5 Å². The number of halogens is 2. The molecule has 0 bridgehead atoms. The van der Waals surface area contributed by atoms with Crippen LogP contribution in [0.2, 0.25) is 5.02 Å². The number of hydrogen-bond donors (Lipinski definition) is 0. The van der Waals surface area contributed by atoms with Crippen LogP contribution in [-0.4, -0.2) is 22.4 Å². The number of hydrogen-bond acceptors (Lipinski definition) is 4. The third-order valence-electron chi connectivity index (χ3n) is 3.85. The Balaban J connectivity index is 1.66. The van der Waals surface area contributed by atoms with Crippen molar-refractivity contribution in [2.24, 2.45) is 0 Å². The molecule has 1 amide bonds. The molecule has 0 aliphatic heterocycles. The van der Waals surface area contributed by atoms with Crippen molar-refractivity contribution in [3.63, 3.8) is 0 Å². The number of rotatable bonds is 6. The summed E-state index contributed by atoms with van der Waals surface area (Å²) in [6, 6.07) is 11.1. The van der Waals surface area contributed by atoms with Gasteiger partial charge in [-0.05, 0) is 47.1 Å². The van der Waals surface area contributed by atoms with Crippen LogP contribution in [0.4, 0.5) is 5.82 Å². The molecule has 7 heteroatoms. The highest BCUT2D eigenvalue weighted by Crippen LogP contribution is 2.28. The molecule has 0 radical (unpaired) electrons. The minimum atomic E-state index is -0.0279. The number of pyridine rings is 1. The van der Waals surface area contributed by atoms with Gasteiger partial charge in [-0.25, -0.2) is 9.97 Å². The monoisotopic (exact) mass is 433 g/mol. The molecule has 0 saturated heterocycles. The number of carbonyl (C=O) groups excluding carboxylic acids is 1. The fourth-order valence-corrected chi connectivity index (χ4v) is 3.02. The molecule has 134 valence electrons. The highest BCUT2D eigenvalue weighted by atomic mass is 79.9. The Morgan fingerprint density at radius 2 is 2.00 bits per heavy atom. The first kappa shape index (κ1) is 18.6. The Hall–Kier alpha value is -2.18. The molecule has 26 heavy (non-hydrogen) atoms. The Labute approximate surface area is 165 Å². The van der Waals surface area contributed by atoms with Crippen molar-refractivity contribution in [2.45, 2.75) is 19.8 Å². The van der Waals surface area contributed by atoms with Crippen LogP contribution in [0.5, 0.6) is 0 Å². The van der Waals surface area contributed by atoms with Crippen LogP contribution in [0.1, 0.15) is 19.2 Å². The summed E-state index contributed by atoms with van der Waals surface area (Å²) >= 11 is 9.52. The number of benzene rings is 1. The lowest BCUT2D eigenvalue weighted by Crippen LogP contribution is -2.31. The maximum absolute atomic E-state index is 12.5. The molecular weight excluding hydrogens is 418 g/mol. The predicted octanol–water partition coefficient (Wildman–Crippen LogP) is 5.14. The highest BCUT2D eigenvalue weighted by Gasteiger charge is 2.17. The average molecular weight is 435 g/mol. The number of aryl methyl sites for hydroxylation is 1. The molecule has 0 aliphatic carbocycles. The molecule has 3 rings (SSSR count). The van der Waals surface area contributed by atoms with E-state index in [9.17, 15) is 4.79 Å². The van der Waals surface area contributed by atoms with E-state index >= 15 is 0 Å². The lowest BCUT2D eigenvalue weighted by molar-refractivity contribution is -0.118. The number of oxazole rings is 1. The van der Waals surface area contributed by atoms with Gasteiger partial charge in [-0.3, -0.25) is 9.69 Å². The summed E-state index contributed by atoms with van der Waals surface area (Å²) < 4.78 is 6.62. The summed E-state index contributed by atoms with van der Waals surface area (Å²) in [5.74, 6) is 1.71. The first-order chi connectivity index (χ1) is 12.6. The Morgan fingerprint density at radius 3 is 2.69 bits per heavy atom. The minimum Gasteiger partial charge on any atom is -0.441 e. The first-order valence-electron chi connectivity index (χ1n) is 8.20.